The molecule has 0 spiro atoms. The van der Waals surface area contributed by atoms with Gasteiger partial charge in [0.15, 0.2) is 0 Å². The lowest BCUT2D eigenvalue weighted by atomic mass is 9.95. The Hall–Kier alpha value is -3.01. The molecule has 4 rings (SSSR count). The van der Waals surface area contributed by atoms with Crippen LogP contribution in [0.1, 0.15) is 55.3 Å². The van der Waals surface area contributed by atoms with E-state index in [0.29, 0.717) is 57.2 Å². The lowest BCUT2D eigenvalue weighted by Gasteiger charge is -2.40. The molecule has 10 nitrogen and oxygen atoms in total. The summed E-state index contributed by atoms with van der Waals surface area (Å²) in [5.41, 5.74) is 0.218. The summed E-state index contributed by atoms with van der Waals surface area (Å²) in [5, 5.41) is 14.2. The fourth-order valence-electron chi connectivity index (χ4n) is 5.62. The summed E-state index contributed by atoms with van der Waals surface area (Å²) >= 11 is 0. The van der Waals surface area contributed by atoms with Crippen molar-refractivity contribution >= 4 is 23.4 Å². The summed E-state index contributed by atoms with van der Waals surface area (Å²) in [6.07, 6.45) is 6.64. The van der Waals surface area contributed by atoms with E-state index in [1.54, 1.807) is 11.0 Å². The molecule has 1 N–H and O–H groups in total. The molecule has 2 aliphatic heterocycles. The number of piperazine rings is 1. The number of carbonyl (C=O) groups is 3. The highest BCUT2D eigenvalue weighted by atomic mass is 16.6. The number of likely N-dealkylation sites (tertiary alicyclic amines) is 1. The number of rotatable bonds is 9. The number of carbonyl (C=O) groups excluding carboxylic acids is 3. The number of hydrogen-bond donors (Lipinski definition) is 1. The standard InChI is InChI=1S/C25H35N5O5/c31-22-10-4-12-27(22)13-5-11-26-24(32)23(19-6-1-2-7-19)28-14-16-29(17-15-28)25(33)20-8-3-9-21(18-20)30(34)35/h3,8-9,18-19,23H,1-2,4-7,10-17H2,(H,26,32)/t23-/m0/s1. The third-order valence-electron chi connectivity index (χ3n) is 7.49. The summed E-state index contributed by atoms with van der Waals surface area (Å²) in [5.74, 6) is 0.349. The van der Waals surface area contributed by atoms with Crippen LogP contribution in [-0.2, 0) is 9.59 Å². The van der Waals surface area contributed by atoms with Crippen molar-refractivity contribution in [1.82, 2.24) is 20.0 Å². The van der Waals surface area contributed by atoms with Crippen LogP contribution in [0.25, 0.3) is 0 Å². The van der Waals surface area contributed by atoms with E-state index in [1.807, 2.05) is 4.90 Å². The summed E-state index contributed by atoms with van der Waals surface area (Å²) in [6, 6.07) is 5.62. The molecule has 1 saturated carbocycles. The first-order valence-electron chi connectivity index (χ1n) is 12.8. The molecule has 0 unspecified atom stereocenters. The molecule has 1 aliphatic carbocycles. The molecule has 35 heavy (non-hydrogen) atoms. The number of nitro groups is 1. The number of benzene rings is 1. The number of hydrogen-bond acceptors (Lipinski definition) is 6. The van der Waals surface area contributed by atoms with Crippen molar-refractivity contribution in [3.63, 3.8) is 0 Å². The van der Waals surface area contributed by atoms with Gasteiger partial charge in [0.05, 0.1) is 11.0 Å². The molecule has 0 bridgehead atoms. The maximum atomic E-state index is 13.3. The van der Waals surface area contributed by atoms with Gasteiger partial charge in [-0.15, -0.1) is 0 Å². The Kier molecular flexibility index (Phi) is 8.33. The highest BCUT2D eigenvalue weighted by Gasteiger charge is 2.37. The van der Waals surface area contributed by atoms with E-state index in [0.717, 1.165) is 45.1 Å². The topological polar surface area (TPSA) is 116 Å². The van der Waals surface area contributed by atoms with Gasteiger partial charge >= 0.3 is 0 Å². The van der Waals surface area contributed by atoms with Crippen molar-refractivity contribution in [3.05, 3.63) is 39.9 Å². The molecule has 2 saturated heterocycles. The summed E-state index contributed by atoms with van der Waals surface area (Å²) in [7, 11) is 0. The third kappa shape index (κ3) is 6.17. The van der Waals surface area contributed by atoms with Crippen molar-refractivity contribution in [2.24, 2.45) is 5.92 Å². The zero-order valence-electron chi connectivity index (χ0n) is 20.2. The Morgan fingerprint density at radius 3 is 2.49 bits per heavy atom. The van der Waals surface area contributed by atoms with Crippen LogP contribution in [-0.4, -0.2) is 89.2 Å². The van der Waals surface area contributed by atoms with Gasteiger partial charge in [0, 0.05) is 69.9 Å². The second-order valence-corrected chi connectivity index (χ2v) is 9.75. The Bertz CT molecular complexity index is 940. The van der Waals surface area contributed by atoms with Crippen molar-refractivity contribution in [1.29, 1.82) is 0 Å². The molecule has 3 amide bonds. The van der Waals surface area contributed by atoms with Crippen LogP contribution in [0.3, 0.4) is 0 Å². The molecule has 3 fully saturated rings. The first kappa shape index (κ1) is 25.1. The van der Waals surface area contributed by atoms with Gasteiger partial charge in [0.1, 0.15) is 0 Å². The molecular formula is C25H35N5O5. The highest BCUT2D eigenvalue weighted by molar-refractivity contribution is 5.95. The second kappa shape index (κ2) is 11.6. The minimum Gasteiger partial charge on any atom is -0.355 e. The van der Waals surface area contributed by atoms with Crippen molar-refractivity contribution in [3.8, 4) is 0 Å². The molecule has 1 aromatic rings. The molecule has 10 heteroatoms. The quantitative estimate of drug-likeness (QED) is 0.325. The molecule has 0 radical (unpaired) electrons. The fourth-order valence-corrected chi connectivity index (χ4v) is 5.62. The Morgan fingerprint density at radius 2 is 1.83 bits per heavy atom. The Morgan fingerprint density at radius 1 is 1.09 bits per heavy atom. The minimum atomic E-state index is -0.497. The summed E-state index contributed by atoms with van der Waals surface area (Å²) in [4.78, 5) is 54.3. The van der Waals surface area contributed by atoms with Crippen molar-refractivity contribution in [2.75, 3.05) is 45.8 Å². The Balaban J connectivity index is 1.31. The Labute approximate surface area is 205 Å². The van der Waals surface area contributed by atoms with Gasteiger partial charge in [-0.3, -0.25) is 29.4 Å². The predicted molar refractivity (Wildman–Crippen MR) is 130 cm³/mol. The van der Waals surface area contributed by atoms with Gasteiger partial charge in [-0.2, -0.15) is 0 Å². The van der Waals surface area contributed by atoms with E-state index in [2.05, 4.69) is 10.2 Å². The van der Waals surface area contributed by atoms with E-state index in [-0.39, 0.29) is 29.5 Å². The normalized spacial score (nSPS) is 20.3. The first-order valence-corrected chi connectivity index (χ1v) is 12.8. The van der Waals surface area contributed by atoms with Crippen LogP contribution >= 0.6 is 0 Å². The number of nitrogens with one attached hydrogen (secondary N) is 1. The average molecular weight is 486 g/mol. The fraction of sp³-hybridized carbons (Fsp3) is 0.640. The number of amides is 3. The van der Waals surface area contributed by atoms with Crippen molar-refractivity contribution in [2.45, 2.75) is 51.0 Å². The van der Waals surface area contributed by atoms with E-state index >= 15 is 0 Å². The predicted octanol–water partition coefficient (Wildman–Crippen LogP) is 2.04. The summed E-state index contributed by atoms with van der Waals surface area (Å²) < 4.78 is 0. The van der Waals surface area contributed by atoms with Gasteiger partial charge in [-0.05, 0) is 37.7 Å². The van der Waals surface area contributed by atoms with Gasteiger partial charge in [0.2, 0.25) is 11.8 Å². The van der Waals surface area contributed by atoms with Crippen LogP contribution in [0.5, 0.6) is 0 Å². The van der Waals surface area contributed by atoms with Crippen LogP contribution in [0.2, 0.25) is 0 Å². The van der Waals surface area contributed by atoms with E-state index in [9.17, 15) is 24.5 Å². The van der Waals surface area contributed by atoms with Gasteiger partial charge in [0.25, 0.3) is 11.6 Å². The zero-order valence-corrected chi connectivity index (χ0v) is 20.2. The van der Waals surface area contributed by atoms with E-state index < -0.39 is 4.92 Å². The molecule has 1 aromatic carbocycles. The molecule has 1 atom stereocenters. The molecular weight excluding hydrogens is 450 g/mol. The smallest absolute Gasteiger partial charge is 0.270 e. The maximum Gasteiger partial charge on any atom is 0.270 e. The maximum absolute atomic E-state index is 13.3. The number of nitrogens with zero attached hydrogens (tertiary/aromatic N) is 4. The van der Waals surface area contributed by atoms with E-state index in [1.165, 1.54) is 18.2 Å². The van der Waals surface area contributed by atoms with Crippen LogP contribution in [0.15, 0.2) is 24.3 Å². The molecule has 190 valence electrons. The van der Waals surface area contributed by atoms with Gasteiger partial charge < -0.3 is 15.1 Å². The van der Waals surface area contributed by atoms with Crippen LogP contribution in [0.4, 0.5) is 5.69 Å². The lowest BCUT2D eigenvalue weighted by Crippen LogP contribution is -2.58. The zero-order chi connectivity index (χ0) is 24.8. The number of non-ortho nitro benzene ring substituents is 1. The molecule has 3 aliphatic rings. The molecule has 0 aromatic heterocycles. The highest BCUT2D eigenvalue weighted by Crippen LogP contribution is 2.31. The largest absolute Gasteiger partial charge is 0.355 e. The summed E-state index contributed by atoms with van der Waals surface area (Å²) in [6.45, 7) is 4.21. The SMILES string of the molecule is O=C(NCCCN1CCCC1=O)[C@H](C1CCCC1)N1CCN(C(=O)c2cccc([N+](=O)[O-])c2)CC1. The average Bonchev–Trinajstić information content (AvgIpc) is 3.54. The van der Waals surface area contributed by atoms with Crippen LogP contribution < -0.4 is 5.32 Å². The first-order chi connectivity index (χ1) is 16.9. The van der Waals surface area contributed by atoms with Crippen molar-refractivity contribution < 1.29 is 19.3 Å². The lowest BCUT2D eigenvalue weighted by molar-refractivity contribution is -0.384. The van der Waals surface area contributed by atoms with Crippen LogP contribution in [0, 0.1) is 16.0 Å². The third-order valence-corrected chi connectivity index (χ3v) is 7.49. The van der Waals surface area contributed by atoms with E-state index in [4.69, 9.17) is 0 Å². The van der Waals surface area contributed by atoms with Gasteiger partial charge in [-0.1, -0.05) is 18.9 Å². The minimum absolute atomic E-state index is 0.0445. The molecule has 2 heterocycles. The monoisotopic (exact) mass is 485 g/mol. The van der Waals surface area contributed by atoms with Gasteiger partial charge in [-0.25, -0.2) is 0 Å². The number of nitro benzene ring substituents is 1. The second-order valence-electron chi connectivity index (χ2n) is 9.75.